The van der Waals surface area contributed by atoms with Gasteiger partial charge in [-0.3, -0.25) is 4.79 Å². The maximum absolute atomic E-state index is 12.0. The van der Waals surface area contributed by atoms with E-state index in [0.717, 1.165) is 0 Å². The summed E-state index contributed by atoms with van der Waals surface area (Å²) >= 11 is 0. The number of hydrogen-bond donors (Lipinski definition) is 1. The van der Waals surface area contributed by atoms with E-state index in [1.165, 1.54) is 6.21 Å². The molecular weight excluding hydrogens is 296 g/mol. The van der Waals surface area contributed by atoms with Gasteiger partial charge in [-0.05, 0) is 36.4 Å². The van der Waals surface area contributed by atoms with Crippen LogP contribution in [0.3, 0.4) is 0 Å². The molecule has 0 atom stereocenters. The molecule has 2 aromatic rings. The molecule has 0 aromatic heterocycles. The minimum atomic E-state index is -0.314. The second-order valence-corrected chi connectivity index (χ2v) is 4.51. The van der Waals surface area contributed by atoms with Gasteiger partial charge in [-0.25, -0.2) is 5.43 Å². The lowest BCUT2D eigenvalue weighted by atomic mass is 10.2. The summed E-state index contributed by atoms with van der Waals surface area (Å²) in [7, 11) is 4.68. The number of benzene rings is 2. The first kappa shape index (κ1) is 16.4. The number of methoxy groups -OCH3 is 3. The molecule has 0 saturated heterocycles. The van der Waals surface area contributed by atoms with Gasteiger partial charge < -0.3 is 14.2 Å². The van der Waals surface area contributed by atoms with E-state index < -0.39 is 0 Å². The topological polar surface area (TPSA) is 69.2 Å². The zero-order valence-corrected chi connectivity index (χ0v) is 13.2. The third-order valence-electron chi connectivity index (χ3n) is 3.16. The second kappa shape index (κ2) is 7.84. The lowest BCUT2D eigenvalue weighted by Crippen LogP contribution is -2.17. The van der Waals surface area contributed by atoms with Crippen LogP contribution in [0.1, 0.15) is 15.9 Å². The van der Waals surface area contributed by atoms with Gasteiger partial charge in [-0.2, -0.15) is 5.10 Å². The van der Waals surface area contributed by atoms with Crippen LogP contribution >= 0.6 is 0 Å². The fourth-order valence-electron chi connectivity index (χ4n) is 1.98. The predicted molar refractivity (Wildman–Crippen MR) is 87.6 cm³/mol. The largest absolute Gasteiger partial charge is 0.497 e. The van der Waals surface area contributed by atoms with E-state index in [-0.39, 0.29) is 5.91 Å². The SMILES string of the molecule is COc1ccc(C(=O)NN=Cc2cccc(OC)c2OC)cc1. The van der Waals surface area contributed by atoms with Gasteiger partial charge in [0.05, 0.1) is 27.5 Å². The molecule has 2 aromatic carbocycles. The van der Waals surface area contributed by atoms with Crippen molar-refractivity contribution in [1.82, 2.24) is 5.43 Å². The van der Waals surface area contributed by atoms with Crippen LogP contribution in [-0.4, -0.2) is 33.5 Å². The number of amides is 1. The summed E-state index contributed by atoms with van der Waals surface area (Å²) in [5, 5.41) is 3.95. The van der Waals surface area contributed by atoms with E-state index in [0.29, 0.717) is 28.4 Å². The number of para-hydroxylation sites is 1. The van der Waals surface area contributed by atoms with Gasteiger partial charge >= 0.3 is 0 Å². The molecule has 0 spiro atoms. The molecular formula is C17H18N2O4. The van der Waals surface area contributed by atoms with Crippen LogP contribution in [-0.2, 0) is 0 Å². The lowest BCUT2D eigenvalue weighted by molar-refractivity contribution is 0.0955. The maximum Gasteiger partial charge on any atom is 0.271 e. The highest BCUT2D eigenvalue weighted by atomic mass is 16.5. The molecule has 6 nitrogen and oxygen atoms in total. The van der Waals surface area contributed by atoms with Gasteiger partial charge in [0.1, 0.15) is 5.75 Å². The average Bonchev–Trinajstić information content (AvgIpc) is 2.61. The Bertz CT molecular complexity index is 696. The summed E-state index contributed by atoms with van der Waals surface area (Å²) in [5.41, 5.74) is 3.65. The number of hydrazone groups is 1. The Hall–Kier alpha value is -3.02. The number of nitrogens with one attached hydrogen (secondary N) is 1. The van der Waals surface area contributed by atoms with Crippen LogP contribution in [0.15, 0.2) is 47.6 Å². The normalized spacial score (nSPS) is 10.4. The van der Waals surface area contributed by atoms with Gasteiger partial charge in [0.25, 0.3) is 5.91 Å². The third-order valence-corrected chi connectivity index (χ3v) is 3.16. The summed E-state index contributed by atoms with van der Waals surface area (Å²) in [6, 6.07) is 12.2. The molecule has 0 heterocycles. The van der Waals surface area contributed by atoms with Crippen molar-refractivity contribution in [3.05, 3.63) is 53.6 Å². The third kappa shape index (κ3) is 4.00. The van der Waals surface area contributed by atoms with E-state index in [4.69, 9.17) is 14.2 Å². The molecule has 1 N–H and O–H groups in total. The van der Waals surface area contributed by atoms with E-state index in [1.807, 2.05) is 12.1 Å². The average molecular weight is 314 g/mol. The molecule has 120 valence electrons. The number of carbonyl (C=O) groups is 1. The van der Waals surface area contributed by atoms with Crippen LogP contribution < -0.4 is 19.6 Å². The van der Waals surface area contributed by atoms with Gasteiger partial charge in [-0.1, -0.05) is 6.07 Å². The van der Waals surface area contributed by atoms with Crippen LogP contribution in [0.4, 0.5) is 0 Å². The van der Waals surface area contributed by atoms with Crippen LogP contribution in [0, 0.1) is 0 Å². The maximum atomic E-state index is 12.0. The van der Waals surface area contributed by atoms with Crippen molar-refractivity contribution in [3.63, 3.8) is 0 Å². The van der Waals surface area contributed by atoms with E-state index in [1.54, 1.807) is 51.7 Å². The molecule has 0 bridgehead atoms. The fraction of sp³-hybridized carbons (Fsp3) is 0.176. The summed E-state index contributed by atoms with van der Waals surface area (Å²) in [5.74, 6) is 1.52. The van der Waals surface area contributed by atoms with Crippen molar-refractivity contribution in [2.24, 2.45) is 5.10 Å². The molecule has 0 radical (unpaired) electrons. The van der Waals surface area contributed by atoms with Crippen molar-refractivity contribution in [2.75, 3.05) is 21.3 Å². The summed E-state index contributed by atoms with van der Waals surface area (Å²) < 4.78 is 15.5. The molecule has 0 aliphatic carbocycles. The molecule has 0 aliphatic heterocycles. The first-order valence-electron chi connectivity index (χ1n) is 6.88. The van der Waals surface area contributed by atoms with Gasteiger partial charge in [-0.15, -0.1) is 0 Å². The summed E-state index contributed by atoms with van der Waals surface area (Å²) in [6.45, 7) is 0. The van der Waals surface area contributed by atoms with E-state index >= 15 is 0 Å². The van der Waals surface area contributed by atoms with Gasteiger partial charge in [0.2, 0.25) is 0 Å². The standard InChI is InChI=1S/C17H18N2O4/c1-21-14-9-7-12(8-10-14)17(20)19-18-11-13-5-4-6-15(22-2)16(13)23-3/h4-11H,1-3H3,(H,19,20). The highest BCUT2D eigenvalue weighted by molar-refractivity contribution is 5.95. The molecule has 1 amide bonds. The second-order valence-electron chi connectivity index (χ2n) is 4.51. The van der Waals surface area contributed by atoms with E-state index in [9.17, 15) is 4.79 Å². The Morgan fingerprint density at radius 1 is 1.00 bits per heavy atom. The first-order valence-corrected chi connectivity index (χ1v) is 6.88. The molecule has 2 rings (SSSR count). The Balaban J connectivity index is 2.07. The Kier molecular flexibility index (Phi) is 5.57. The number of hydrogen-bond acceptors (Lipinski definition) is 5. The Labute approximate surface area is 134 Å². The van der Waals surface area contributed by atoms with Crippen molar-refractivity contribution < 1.29 is 19.0 Å². The molecule has 23 heavy (non-hydrogen) atoms. The van der Waals surface area contributed by atoms with Crippen molar-refractivity contribution in [3.8, 4) is 17.2 Å². The minimum absolute atomic E-state index is 0.314. The van der Waals surface area contributed by atoms with Gasteiger partial charge in [0.15, 0.2) is 11.5 Å². The highest BCUT2D eigenvalue weighted by Gasteiger charge is 2.08. The number of ether oxygens (including phenoxy) is 3. The minimum Gasteiger partial charge on any atom is -0.497 e. The van der Waals surface area contributed by atoms with Crippen molar-refractivity contribution >= 4 is 12.1 Å². The highest BCUT2D eigenvalue weighted by Crippen LogP contribution is 2.29. The Morgan fingerprint density at radius 3 is 2.35 bits per heavy atom. The smallest absolute Gasteiger partial charge is 0.271 e. The van der Waals surface area contributed by atoms with Crippen molar-refractivity contribution in [1.29, 1.82) is 0 Å². The first-order chi connectivity index (χ1) is 11.2. The van der Waals surface area contributed by atoms with Crippen LogP contribution in [0.5, 0.6) is 17.2 Å². The number of nitrogens with zero attached hydrogens (tertiary/aromatic N) is 1. The quantitative estimate of drug-likeness (QED) is 0.657. The predicted octanol–water partition coefficient (Wildman–Crippen LogP) is 2.48. The molecule has 0 fully saturated rings. The molecule has 0 unspecified atom stereocenters. The number of carbonyl (C=O) groups excluding carboxylic acids is 1. The molecule has 6 heteroatoms. The summed E-state index contributed by atoms with van der Waals surface area (Å²) in [6.07, 6.45) is 1.50. The number of rotatable bonds is 6. The van der Waals surface area contributed by atoms with E-state index in [2.05, 4.69) is 10.5 Å². The van der Waals surface area contributed by atoms with Crippen LogP contribution in [0.2, 0.25) is 0 Å². The van der Waals surface area contributed by atoms with Crippen molar-refractivity contribution in [2.45, 2.75) is 0 Å². The summed E-state index contributed by atoms with van der Waals surface area (Å²) in [4.78, 5) is 12.0. The van der Waals surface area contributed by atoms with Crippen LogP contribution in [0.25, 0.3) is 0 Å². The zero-order valence-electron chi connectivity index (χ0n) is 13.2. The lowest BCUT2D eigenvalue weighted by Gasteiger charge is -2.09. The zero-order chi connectivity index (χ0) is 16.7. The fourth-order valence-corrected chi connectivity index (χ4v) is 1.98. The molecule has 0 aliphatic rings. The molecule has 0 saturated carbocycles. The monoisotopic (exact) mass is 314 g/mol. The Morgan fingerprint density at radius 2 is 1.74 bits per heavy atom. The van der Waals surface area contributed by atoms with Gasteiger partial charge in [0, 0.05) is 11.1 Å².